The fraction of sp³-hybridized carbons (Fsp3) is 0.867. The molecule has 3 unspecified atom stereocenters. The maximum atomic E-state index is 12.1. The standard InChI is InChI=1S/C15H26N2O2/c1-10-11(2)15(19)17(14(10)18)9-13(16-3)12-7-5-4-6-8-12/h10-13,16H,4-9H2,1-3H3. The van der Waals surface area contributed by atoms with Gasteiger partial charge in [0.25, 0.3) is 0 Å². The first-order chi connectivity index (χ1) is 9.06. The Morgan fingerprint density at radius 2 is 1.63 bits per heavy atom. The van der Waals surface area contributed by atoms with Crippen LogP contribution in [0.15, 0.2) is 0 Å². The maximum absolute atomic E-state index is 12.1. The number of nitrogens with one attached hydrogen (secondary N) is 1. The van der Waals surface area contributed by atoms with Crippen LogP contribution in [-0.4, -0.2) is 36.3 Å². The Hall–Kier alpha value is -0.900. The van der Waals surface area contributed by atoms with E-state index >= 15 is 0 Å². The first-order valence-electron chi connectivity index (χ1n) is 7.58. The Bertz CT molecular complexity index is 330. The van der Waals surface area contributed by atoms with E-state index in [1.165, 1.54) is 37.0 Å². The van der Waals surface area contributed by atoms with Gasteiger partial charge in [-0.05, 0) is 25.8 Å². The zero-order valence-corrected chi connectivity index (χ0v) is 12.3. The lowest BCUT2D eigenvalue weighted by atomic mass is 9.83. The van der Waals surface area contributed by atoms with Crippen molar-refractivity contribution in [3.63, 3.8) is 0 Å². The monoisotopic (exact) mass is 266 g/mol. The summed E-state index contributed by atoms with van der Waals surface area (Å²) in [4.78, 5) is 25.8. The highest BCUT2D eigenvalue weighted by atomic mass is 16.2. The summed E-state index contributed by atoms with van der Waals surface area (Å²) in [5.41, 5.74) is 0. The second kappa shape index (κ2) is 6.04. The molecule has 0 aromatic carbocycles. The van der Waals surface area contributed by atoms with Crippen LogP contribution >= 0.6 is 0 Å². The van der Waals surface area contributed by atoms with Gasteiger partial charge in [-0.1, -0.05) is 33.1 Å². The third kappa shape index (κ3) is 2.83. The van der Waals surface area contributed by atoms with E-state index in [0.717, 1.165) is 0 Å². The average molecular weight is 266 g/mol. The molecule has 0 aromatic heterocycles. The van der Waals surface area contributed by atoms with Gasteiger partial charge in [-0.2, -0.15) is 0 Å². The molecule has 0 spiro atoms. The zero-order chi connectivity index (χ0) is 14.0. The summed E-state index contributed by atoms with van der Waals surface area (Å²) in [7, 11) is 1.94. The molecule has 4 nitrogen and oxygen atoms in total. The Labute approximate surface area is 115 Å². The van der Waals surface area contributed by atoms with Gasteiger partial charge in [0.15, 0.2) is 0 Å². The minimum Gasteiger partial charge on any atom is -0.315 e. The van der Waals surface area contributed by atoms with Gasteiger partial charge in [-0.3, -0.25) is 14.5 Å². The van der Waals surface area contributed by atoms with E-state index in [0.29, 0.717) is 12.5 Å². The Balaban J connectivity index is 2.01. The molecular formula is C15H26N2O2. The van der Waals surface area contributed by atoms with Crippen molar-refractivity contribution in [3.8, 4) is 0 Å². The summed E-state index contributed by atoms with van der Waals surface area (Å²) in [5, 5.41) is 3.32. The largest absolute Gasteiger partial charge is 0.315 e. The second-order valence-electron chi connectivity index (χ2n) is 6.16. The van der Waals surface area contributed by atoms with Crippen LogP contribution in [-0.2, 0) is 9.59 Å². The predicted molar refractivity (Wildman–Crippen MR) is 74.5 cm³/mol. The SMILES string of the molecule is CNC(CN1C(=O)C(C)C(C)C1=O)C1CCCCC1. The summed E-state index contributed by atoms with van der Waals surface area (Å²) in [6.45, 7) is 4.27. The van der Waals surface area contributed by atoms with Crippen LogP contribution in [0, 0.1) is 17.8 Å². The summed E-state index contributed by atoms with van der Waals surface area (Å²) in [6, 6.07) is 0.255. The second-order valence-corrected chi connectivity index (χ2v) is 6.16. The molecule has 1 saturated carbocycles. The van der Waals surface area contributed by atoms with Gasteiger partial charge in [0.2, 0.25) is 11.8 Å². The summed E-state index contributed by atoms with van der Waals surface area (Å²) >= 11 is 0. The van der Waals surface area contributed by atoms with Crippen molar-refractivity contribution >= 4 is 11.8 Å². The van der Waals surface area contributed by atoms with E-state index in [1.54, 1.807) is 0 Å². The van der Waals surface area contributed by atoms with Gasteiger partial charge in [0.05, 0.1) is 0 Å². The predicted octanol–water partition coefficient (Wildman–Crippen LogP) is 1.80. The minimum atomic E-state index is -0.156. The molecule has 1 heterocycles. The number of likely N-dealkylation sites (N-methyl/N-ethyl adjacent to an activating group) is 1. The van der Waals surface area contributed by atoms with Gasteiger partial charge >= 0.3 is 0 Å². The van der Waals surface area contributed by atoms with Crippen LogP contribution in [0.4, 0.5) is 0 Å². The summed E-state index contributed by atoms with van der Waals surface area (Å²) in [5.74, 6) is 0.306. The molecule has 1 saturated heterocycles. The van der Waals surface area contributed by atoms with Crippen LogP contribution in [0.5, 0.6) is 0 Å². The van der Waals surface area contributed by atoms with Crippen molar-refractivity contribution in [1.29, 1.82) is 0 Å². The highest BCUT2D eigenvalue weighted by molar-refractivity contribution is 6.04. The Kier molecular flexibility index (Phi) is 4.61. The maximum Gasteiger partial charge on any atom is 0.232 e. The molecule has 1 aliphatic heterocycles. The van der Waals surface area contributed by atoms with E-state index in [-0.39, 0.29) is 29.7 Å². The van der Waals surface area contributed by atoms with Gasteiger partial charge in [0, 0.05) is 24.4 Å². The van der Waals surface area contributed by atoms with Crippen LogP contribution in [0.3, 0.4) is 0 Å². The molecule has 0 aromatic rings. The summed E-state index contributed by atoms with van der Waals surface area (Å²) < 4.78 is 0. The number of imide groups is 1. The van der Waals surface area contributed by atoms with Crippen molar-refractivity contribution in [1.82, 2.24) is 10.2 Å². The molecule has 4 heteroatoms. The number of carbonyl (C=O) groups is 2. The minimum absolute atomic E-state index is 0.00793. The van der Waals surface area contributed by atoms with Crippen molar-refractivity contribution in [2.75, 3.05) is 13.6 Å². The fourth-order valence-electron chi connectivity index (χ4n) is 3.42. The van der Waals surface area contributed by atoms with Gasteiger partial charge in [-0.25, -0.2) is 0 Å². The lowest BCUT2D eigenvalue weighted by Gasteiger charge is -2.32. The lowest BCUT2D eigenvalue weighted by Crippen LogP contribution is -2.47. The average Bonchev–Trinajstić information content (AvgIpc) is 2.62. The third-order valence-corrected chi connectivity index (χ3v) is 5.03. The number of nitrogens with zero attached hydrogens (tertiary/aromatic N) is 1. The fourth-order valence-corrected chi connectivity index (χ4v) is 3.42. The highest BCUT2D eigenvalue weighted by Gasteiger charge is 2.43. The van der Waals surface area contributed by atoms with Crippen LogP contribution in [0.25, 0.3) is 0 Å². The van der Waals surface area contributed by atoms with Crippen molar-refractivity contribution in [2.24, 2.45) is 17.8 Å². The molecule has 0 radical (unpaired) electrons. The van der Waals surface area contributed by atoms with Crippen LogP contribution in [0.2, 0.25) is 0 Å². The van der Waals surface area contributed by atoms with Gasteiger partial charge in [-0.15, -0.1) is 0 Å². The van der Waals surface area contributed by atoms with E-state index < -0.39 is 0 Å². The molecule has 3 atom stereocenters. The molecule has 2 rings (SSSR count). The zero-order valence-electron chi connectivity index (χ0n) is 12.3. The first kappa shape index (κ1) is 14.5. The van der Waals surface area contributed by atoms with Gasteiger partial charge < -0.3 is 5.32 Å². The highest BCUT2D eigenvalue weighted by Crippen LogP contribution is 2.30. The Morgan fingerprint density at radius 3 is 2.11 bits per heavy atom. The lowest BCUT2D eigenvalue weighted by molar-refractivity contribution is -0.140. The number of carbonyl (C=O) groups excluding carboxylic acids is 2. The number of likely N-dealkylation sites (tertiary alicyclic amines) is 1. The number of hydrogen-bond donors (Lipinski definition) is 1. The molecule has 2 fully saturated rings. The molecule has 0 bridgehead atoms. The molecule has 1 N–H and O–H groups in total. The van der Waals surface area contributed by atoms with Gasteiger partial charge in [0.1, 0.15) is 0 Å². The number of rotatable bonds is 4. The van der Waals surface area contributed by atoms with E-state index in [1.807, 2.05) is 20.9 Å². The molecule has 2 amide bonds. The van der Waals surface area contributed by atoms with Crippen LogP contribution < -0.4 is 5.32 Å². The Morgan fingerprint density at radius 1 is 1.11 bits per heavy atom. The molecule has 108 valence electrons. The quantitative estimate of drug-likeness (QED) is 0.789. The van der Waals surface area contributed by atoms with Crippen molar-refractivity contribution < 1.29 is 9.59 Å². The summed E-state index contributed by atoms with van der Waals surface area (Å²) in [6.07, 6.45) is 6.30. The van der Waals surface area contributed by atoms with Crippen LogP contribution in [0.1, 0.15) is 46.0 Å². The smallest absolute Gasteiger partial charge is 0.232 e. The molecule has 2 aliphatic rings. The number of amides is 2. The van der Waals surface area contributed by atoms with Crippen molar-refractivity contribution in [2.45, 2.75) is 52.0 Å². The van der Waals surface area contributed by atoms with E-state index in [2.05, 4.69) is 5.32 Å². The third-order valence-electron chi connectivity index (χ3n) is 5.03. The molecule has 19 heavy (non-hydrogen) atoms. The molecule has 1 aliphatic carbocycles. The van der Waals surface area contributed by atoms with E-state index in [9.17, 15) is 9.59 Å². The normalized spacial score (nSPS) is 31.0. The molecular weight excluding hydrogens is 240 g/mol. The van der Waals surface area contributed by atoms with E-state index in [4.69, 9.17) is 0 Å². The topological polar surface area (TPSA) is 49.4 Å². The number of hydrogen-bond acceptors (Lipinski definition) is 3. The van der Waals surface area contributed by atoms with Crippen molar-refractivity contribution in [3.05, 3.63) is 0 Å². The first-order valence-corrected chi connectivity index (χ1v) is 7.58.